The molecular formula is C14H8BrCl2N5O. The molecule has 1 amide bonds. The second-order valence-corrected chi connectivity index (χ2v) is 5.80. The van der Waals surface area contributed by atoms with Crippen LogP contribution in [0.2, 0.25) is 10.0 Å². The van der Waals surface area contributed by atoms with Gasteiger partial charge >= 0.3 is 0 Å². The minimum absolute atomic E-state index is 0.174. The molecule has 0 radical (unpaired) electrons. The van der Waals surface area contributed by atoms with Crippen molar-refractivity contribution in [1.82, 2.24) is 9.97 Å². The van der Waals surface area contributed by atoms with Crippen molar-refractivity contribution < 1.29 is 4.79 Å². The van der Waals surface area contributed by atoms with Crippen LogP contribution in [0, 0.1) is 11.3 Å². The van der Waals surface area contributed by atoms with Gasteiger partial charge in [-0.1, -0.05) is 29.3 Å². The number of nitrogens with zero attached hydrogens (tertiary/aromatic N) is 3. The van der Waals surface area contributed by atoms with E-state index in [0.717, 1.165) is 0 Å². The molecule has 0 saturated heterocycles. The average molecular weight is 413 g/mol. The fraction of sp³-hybridized carbons (Fsp3) is 0. The number of rotatable bonds is 4. The van der Waals surface area contributed by atoms with Crippen molar-refractivity contribution in [2.75, 3.05) is 10.6 Å². The topological polar surface area (TPSA) is 90.7 Å². The van der Waals surface area contributed by atoms with Gasteiger partial charge in [0.25, 0.3) is 5.91 Å². The van der Waals surface area contributed by atoms with E-state index in [2.05, 4.69) is 36.5 Å². The van der Waals surface area contributed by atoms with Gasteiger partial charge in [0.05, 0.1) is 20.2 Å². The lowest BCUT2D eigenvalue weighted by Gasteiger charge is -2.07. The van der Waals surface area contributed by atoms with Crippen molar-refractivity contribution in [3.8, 4) is 6.07 Å². The Morgan fingerprint density at radius 1 is 1.30 bits per heavy atom. The molecule has 0 spiro atoms. The molecule has 1 heterocycles. The van der Waals surface area contributed by atoms with E-state index < -0.39 is 5.91 Å². The molecule has 0 aliphatic rings. The number of benzene rings is 1. The first-order valence-corrected chi connectivity index (χ1v) is 7.66. The first kappa shape index (κ1) is 17.2. The zero-order valence-corrected chi connectivity index (χ0v) is 14.4. The molecular weight excluding hydrogens is 405 g/mol. The molecule has 0 saturated carbocycles. The molecule has 9 heteroatoms. The van der Waals surface area contributed by atoms with E-state index in [1.807, 2.05) is 0 Å². The second-order valence-electron chi connectivity index (χ2n) is 4.09. The maximum atomic E-state index is 12.1. The van der Waals surface area contributed by atoms with E-state index in [1.54, 1.807) is 24.3 Å². The summed E-state index contributed by atoms with van der Waals surface area (Å²) in [4.78, 5) is 20.0. The fourth-order valence-electron chi connectivity index (χ4n) is 1.46. The van der Waals surface area contributed by atoms with Crippen molar-refractivity contribution in [3.05, 3.63) is 56.9 Å². The van der Waals surface area contributed by atoms with Gasteiger partial charge < -0.3 is 10.6 Å². The second kappa shape index (κ2) is 7.92. The third kappa shape index (κ3) is 4.66. The van der Waals surface area contributed by atoms with Crippen LogP contribution in [0.3, 0.4) is 0 Å². The molecule has 116 valence electrons. The summed E-state index contributed by atoms with van der Waals surface area (Å²) in [6, 6.07) is 6.58. The highest BCUT2D eigenvalue weighted by atomic mass is 79.9. The molecule has 0 aliphatic heterocycles. The van der Waals surface area contributed by atoms with Gasteiger partial charge in [0.1, 0.15) is 11.6 Å². The number of halogens is 3. The SMILES string of the molecule is N#C/C(=C/Nc1ncc(Br)cn1)C(=O)Nc1cccc(Cl)c1Cl. The Hall–Kier alpha value is -2.14. The van der Waals surface area contributed by atoms with Crippen LogP contribution in [-0.2, 0) is 4.79 Å². The number of aromatic nitrogens is 2. The van der Waals surface area contributed by atoms with Crippen LogP contribution >= 0.6 is 39.1 Å². The van der Waals surface area contributed by atoms with Crippen molar-refractivity contribution in [2.45, 2.75) is 0 Å². The lowest BCUT2D eigenvalue weighted by atomic mass is 10.2. The summed E-state index contributed by atoms with van der Waals surface area (Å²) >= 11 is 15.1. The largest absolute Gasteiger partial charge is 0.329 e. The van der Waals surface area contributed by atoms with E-state index in [4.69, 9.17) is 28.5 Å². The number of carbonyl (C=O) groups excluding carboxylic acids is 1. The third-order valence-electron chi connectivity index (χ3n) is 2.53. The van der Waals surface area contributed by atoms with Gasteiger partial charge in [-0.25, -0.2) is 9.97 Å². The van der Waals surface area contributed by atoms with E-state index >= 15 is 0 Å². The minimum Gasteiger partial charge on any atom is -0.329 e. The van der Waals surface area contributed by atoms with Gasteiger partial charge in [-0.05, 0) is 28.1 Å². The standard InChI is InChI=1S/C14H8BrCl2N5O/c15-9-6-20-14(21-7-9)19-5-8(4-18)13(23)22-11-3-1-2-10(16)12(11)17/h1-3,5-7H,(H,22,23)(H,19,20,21)/b8-5-. The van der Waals surface area contributed by atoms with Gasteiger partial charge in [-0.3, -0.25) is 4.79 Å². The molecule has 6 nitrogen and oxygen atoms in total. The monoisotopic (exact) mass is 411 g/mol. The molecule has 23 heavy (non-hydrogen) atoms. The van der Waals surface area contributed by atoms with Gasteiger partial charge in [-0.2, -0.15) is 5.26 Å². The van der Waals surface area contributed by atoms with E-state index in [-0.39, 0.29) is 16.5 Å². The van der Waals surface area contributed by atoms with Gasteiger partial charge in [0, 0.05) is 18.6 Å². The van der Waals surface area contributed by atoms with Crippen LogP contribution in [-0.4, -0.2) is 15.9 Å². The van der Waals surface area contributed by atoms with Crippen LogP contribution in [0.25, 0.3) is 0 Å². The highest BCUT2D eigenvalue weighted by molar-refractivity contribution is 9.10. The highest BCUT2D eigenvalue weighted by Gasteiger charge is 2.12. The van der Waals surface area contributed by atoms with E-state index in [1.165, 1.54) is 18.6 Å². The number of hydrogen-bond donors (Lipinski definition) is 2. The quantitative estimate of drug-likeness (QED) is 0.584. The summed E-state index contributed by atoms with van der Waals surface area (Å²) in [6.45, 7) is 0. The smallest absolute Gasteiger partial charge is 0.267 e. The Balaban J connectivity index is 2.12. The molecule has 0 atom stereocenters. The van der Waals surface area contributed by atoms with E-state index in [9.17, 15) is 4.79 Å². The number of nitrogens with one attached hydrogen (secondary N) is 2. The van der Waals surface area contributed by atoms with Gasteiger partial charge in [0.15, 0.2) is 0 Å². The van der Waals surface area contributed by atoms with Crippen LogP contribution in [0.5, 0.6) is 0 Å². The highest BCUT2D eigenvalue weighted by Crippen LogP contribution is 2.29. The minimum atomic E-state index is -0.638. The third-order valence-corrected chi connectivity index (χ3v) is 3.76. The molecule has 1 aromatic carbocycles. The molecule has 0 bridgehead atoms. The summed E-state index contributed by atoms with van der Waals surface area (Å²) in [6.07, 6.45) is 4.26. The fourth-order valence-corrected chi connectivity index (χ4v) is 2.01. The first-order chi connectivity index (χ1) is 11.0. The summed E-state index contributed by atoms with van der Waals surface area (Å²) in [7, 11) is 0. The number of hydrogen-bond acceptors (Lipinski definition) is 5. The predicted octanol–water partition coefficient (Wildman–Crippen LogP) is 4.00. The van der Waals surface area contributed by atoms with Crippen molar-refractivity contribution in [1.29, 1.82) is 5.26 Å². The Bertz CT molecular complexity index is 802. The maximum absolute atomic E-state index is 12.1. The van der Waals surface area contributed by atoms with Crippen LogP contribution in [0.15, 0.2) is 46.8 Å². The normalized spacial score (nSPS) is 10.8. The lowest BCUT2D eigenvalue weighted by molar-refractivity contribution is -0.112. The van der Waals surface area contributed by atoms with Crippen LogP contribution < -0.4 is 10.6 Å². The Morgan fingerprint density at radius 2 is 2.00 bits per heavy atom. The maximum Gasteiger partial charge on any atom is 0.267 e. The summed E-state index contributed by atoms with van der Waals surface area (Å²) in [5.74, 6) is -0.393. The van der Waals surface area contributed by atoms with Crippen molar-refractivity contribution in [2.24, 2.45) is 0 Å². The molecule has 0 unspecified atom stereocenters. The van der Waals surface area contributed by atoms with Crippen LogP contribution in [0.1, 0.15) is 0 Å². The summed E-state index contributed by atoms with van der Waals surface area (Å²) in [5.41, 5.74) is 0.137. The number of nitriles is 1. The van der Waals surface area contributed by atoms with Crippen LogP contribution in [0.4, 0.5) is 11.6 Å². The molecule has 0 aliphatic carbocycles. The Kier molecular flexibility index (Phi) is 5.93. The van der Waals surface area contributed by atoms with Crippen molar-refractivity contribution in [3.63, 3.8) is 0 Å². The number of amides is 1. The average Bonchev–Trinajstić information content (AvgIpc) is 2.54. The molecule has 2 rings (SSSR count). The zero-order valence-electron chi connectivity index (χ0n) is 11.3. The Labute approximate surface area is 150 Å². The van der Waals surface area contributed by atoms with Gasteiger partial charge in [-0.15, -0.1) is 0 Å². The van der Waals surface area contributed by atoms with Gasteiger partial charge in [0.2, 0.25) is 5.95 Å². The molecule has 2 aromatic rings. The van der Waals surface area contributed by atoms with Crippen molar-refractivity contribution >= 4 is 56.7 Å². The zero-order chi connectivity index (χ0) is 16.8. The van der Waals surface area contributed by atoms with E-state index in [0.29, 0.717) is 15.2 Å². The lowest BCUT2D eigenvalue weighted by Crippen LogP contribution is -2.15. The Morgan fingerprint density at radius 3 is 2.65 bits per heavy atom. The molecule has 1 aromatic heterocycles. The number of carbonyl (C=O) groups is 1. The number of anilines is 2. The first-order valence-electron chi connectivity index (χ1n) is 6.11. The predicted molar refractivity (Wildman–Crippen MR) is 92.1 cm³/mol. The molecule has 0 fully saturated rings. The summed E-state index contributed by atoms with van der Waals surface area (Å²) < 4.78 is 0.709. The molecule has 2 N–H and O–H groups in total. The summed E-state index contributed by atoms with van der Waals surface area (Å²) in [5, 5.41) is 14.8.